The number of hydrogen-bond acceptors (Lipinski definition) is 8. The normalized spacial score (nSPS) is 19.7. The molecule has 3 aromatic rings. The Morgan fingerprint density at radius 2 is 1.86 bits per heavy atom. The number of nitro groups is 1. The maximum absolute atomic E-state index is 12.7. The Balaban J connectivity index is 1.56. The molecule has 0 saturated heterocycles. The van der Waals surface area contributed by atoms with Gasteiger partial charge in [0.15, 0.2) is 0 Å². The molecule has 0 saturated carbocycles. The van der Waals surface area contributed by atoms with Crippen LogP contribution in [0.3, 0.4) is 0 Å². The second kappa shape index (κ2) is 5.79. The molecule has 1 aromatic heterocycles. The number of carbonyl (C=O) groups excluding carboxylic acids is 1. The van der Waals surface area contributed by atoms with E-state index in [1.165, 1.54) is 0 Å². The van der Waals surface area contributed by atoms with Crippen LogP contribution in [0.25, 0.3) is 10.9 Å². The van der Waals surface area contributed by atoms with Gasteiger partial charge >= 0.3 is 5.70 Å². The van der Waals surface area contributed by atoms with Gasteiger partial charge in [-0.2, -0.15) is 5.11 Å². The lowest BCUT2D eigenvalue weighted by molar-refractivity contribution is -0.434. The van der Waals surface area contributed by atoms with Gasteiger partial charge in [-0.25, -0.2) is 0 Å². The molecule has 0 radical (unpaired) electrons. The Morgan fingerprint density at radius 1 is 1.10 bits per heavy atom. The zero-order chi connectivity index (χ0) is 20.2. The first kappa shape index (κ1) is 16.7. The van der Waals surface area contributed by atoms with Crippen LogP contribution in [0.1, 0.15) is 5.56 Å². The smallest absolute Gasteiger partial charge is 0.335 e. The molecule has 2 aliphatic rings. The van der Waals surface area contributed by atoms with Gasteiger partial charge in [0.05, 0.1) is 10.4 Å². The number of aromatic amines is 1. The second-order valence-corrected chi connectivity index (χ2v) is 6.51. The summed E-state index contributed by atoms with van der Waals surface area (Å²) in [6, 6.07) is 13.7. The number of hydrogen-bond donors (Lipinski definition) is 5. The number of azo groups is 1. The molecule has 11 nitrogen and oxygen atoms in total. The van der Waals surface area contributed by atoms with Crippen LogP contribution in [-0.2, 0) is 10.3 Å². The van der Waals surface area contributed by atoms with Gasteiger partial charge in [-0.15, -0.1) is 5.11 Å². The summed E-state index contributed by atoms with van der Waals surface area (Å²) in [5.74, 6) is -1.04. The van der Waals surface area contributed by atoms with Gasteiger partial charge in [0.1, 0.15) is 5.69 Å². The van der Waals surface area contributed by atoms with Gasteiger partial charge in [-0.05, 0) is 12.1 Å². The second-order valence-electron chi connectivity index (χ2n) is 6.51. The summed E-state index contributed by atoms with van der Waals surface area (Å²) in [6.45, 7) is 0. The average Bonchev–Trinajstić information content (AvgIpc) is 3.33. The molecule has 5 N–H and O–H groups in total. The maximum atomic E-state index is 12.7. The molecule has 0 fully saturated rings. The molecule has 0 aliphatic carbocycles. The standard InChI is InChI=1S/C18H13N7O4/c26-16-13(9-5-1-3-7-11(9)19-16)21-22-15-14(25(28)29)18(24-23-15)10-6-2-4-8-12(10)20-17(18)27/h1-8,19,21-22,26H,(H,20,27)/t18-/m1/s1. The summed E-state index contributed by atoms with van der Waals surface area (Å²) >= 11 is 0. The number of nitrogens with one attached hydrogen (secondary N) is 4. The number of anilines is 2. The molecular weight excluding hydrogens is 378 g/mol. The SMILES string of the molecule is O=C1Nc2ccccc2[C@]12N=NC(NNc1c(O)[nH]c3ccccc13)=C2[N+](=O)[O-]. The number of aromatic nitrogens is 1. The zero-order valence-electron chi connectivity index (χ0n) is 14.6. The number of benzene rings is 2. The molecule has 5 rings (SSSR count). The summed E-state index contributed by atoms with van der Waals surface area (Å²) in [5, 5.41) is 33.2. The Hall–Kier alpha value is -4.41. The van der Waals surface area contributed by atoms with E-state index in [2.05, 4.69) is 31.4 Å². The maximum Gasteiger partial charge on any atom is 0.335 e. The predicted octanol–water partition coefficient (Wildman–Crippen LogP) is 2.55. The zero-order valence-corrected chi connectivity index (χ0v) is 14.6. The van der Waals surface area contributed by atoms with Crippen LogP contribution in [0.5, 0.6) is 5.88 Å². The molecule has 29 heavy (non-hydrogen) atoms. The van der Waals surface area contributed by atoms with Crippen LogP contribution >= 0.6 is 0 Å². The number of nitrogens with zero attached hydrogens (tertiary/aromatic N) is 3. The van der Waals surface area contributed by atoms with E-state index >= 15 is 0 Å². The largest absolute Gasteiger partial charge is 0.493 e. The highest BCUT2D eigenvalue weighted by Gasteiger charge is 2.61. The van der Waals surface area contributed by atoms with Gasteiger partial charge in [-0.1, -0.05) is 36.4 Å². The van der Waals surface area contributed by atoms with Crippen molar-refractivity contribution >= 4 is 28.2 Å². The third-order valence-electron chi connectivity index (χ3n) is 4.94. The Labute approximate surface area is 162 Å². The lowest BCUT2D eigenvalue weighted by Gasteiger charge is -2.14. The monoisotopic (exact) mass is 391 g/mol. The fourth-order valence-electron chi connectivity index (χ4n) is 3.65. The lowest BCUT2D eigenvalue weighted by atomic mass is 9.89. The van der Waals surface area contributed by atoms with Crippen molar-refractivity contribution in [2.45, 2.75) is 5.54 Å². The molecule has 0 bridgehead atoms. The minimum Gasteiger partial charge on any atom is -0.493 e. The van der Waals surface area contributed by atoms with Gasteiger partial charge in [0.25, 0.3) is 11.4 Å². The van der Waals surface area contributed by atoms with Crippen LogP contribution in [0.2, 0.25) is 0 Å². The van der Waals surface area contributed by atoms with Crippen molar-refractivity contribution < 1.29 is 14.8 Å². The van der Waals surface area contributed by atoms with E-state index in [0.717, 1.165) is 0 Å². The first-order valence-electron chi connectivity index (χ1n) is 8.57. The molecule has 0 unspecified atom stereocenters. The lowest BCUT2D eigenvalue weighted by Crippen LogP contribution is -2.37. The topological polar surface area (TPSA) is 157 Å². The van der Waals surface area contributed by atoms with Crippen molar-refractivity contribution in [1.29, 1.82) is 0 Å². The Kier molecular flexibility index (Phi) is 3.34. The number of amides is 1. The number of carbonyl (C=O) groups is 1. The number of rotatable bonds is 4. The van der Waals surface area contributed by atoms with E-state index in [-0.39, 0.29) is 17.4 Å². The fraction of sp³-hybridized carbons (Fsp3) is 0.0556. The summed E-state index contributed by atoms with van der Waals surface area (Å²) in [6.07, 6.45) is 0. The Bertz CT molecular complexity index is 1260. The number of para-hydroxylation sites is 2. The van der Waals surface area contributed by atoms with Crippen LogP contribution in [0, 0.1) is 10.1 Å². The highest BCUT2D eigenvalue weighted by molar-refractivity contribution is 6.08. The fourth-order valence-corrected chi connectivity index (χ4v) is 3.65. The number of fused-ring (bicyclic) bond motifs is 3. The number of hydrazine groups is 1. The molecular formula is C18H13N7O4. The van der Waals surface area contributed by atoms with Gasteiger partial charge < -0.3 is 15.4 Å². The van der Waals surface area contributed by atoms with Crippen LogP contribution in [0.15, 0.2) is 70.3 Å². The molecule has 1 atom stereocenters. The van der Waals surface area contributed by atoms with Crippen molar-refractivity contribution in [2.75, 3.05) is 10.7 Å². The van der Waals surface area contributed by atoms with E-state index in [4.69, 9.17) is 0 Å². The third-order valence-corrected chi connectivity index (χ3v) is 4.94. The van der Waals surface area contributed by atoms with Crippen LogP contribution in [0.4, 0.5) is 11.4 Å². The summed E-state index contributed by atoms with van der Waals surface area (Å²) in [5.41, 5.74) is 4.72. The molecule has 2 aromatic carbocycles. The van der Waals surface area contributed by atoms with Gasteiger partial charge in [-0.3, -0.25) is 25.8 Å². The van der Waals surface area contributed by atoms with Crippen molar-refractivity contribution in [2.24, 2.45) is 10.2 Å². The predicted molar refractivity (Wildman–Crippen MR) is 102 cm³/mol. The molecule has 2 aliphatic heterocycles. The number of aromatic hydroxyl groups is 1. The molecule has 11 heteroatoms. The highest BCUT2D eigenvalue weighted by atomic mass is 16.6. The number of H-pyrrole nitrogens is 1. The van der Waals surface area contributed by atoms with Crippen molar-refractivity contribution in [3.8, 4) is 5.88 Å². The van der Waals surface area contributed by atoms with Crippen molar-refractivity contribution in [3.05, 3.63) is 75.7 Å². The minimum absolute atomic E-state index is 0.157. The molecule has 1 spiro atoms. The van der Waals surface area contributed by atoms with Crippen LogP contribution in [-0.4, -0.2) is 20.9 Å². The van der Waals surface area contributed by atoms with Crippen molar-refractivity contribution in [1.82, 2.24) is 10.4 Å². The summed E-state index contributed by atoms with van der Waals surface area (Å²) in [7, 11) is 0. The first-order valence-corrected chi connectivity index (χ1v) is 8.57. The average molecular weight is 391 g/mol. The van der Waals surface area contributed by atoms with E-state index in [1.54, 1.807) is 48.5 Å². The van der Waals surface area contributed by atoms with E-state index < -0.39 is 22.1 Å². The van der Waals surface area contributed by atoms with E-state index in [0.29, 0.717) is 22.2 Å². The van der Waals surface area contributed by atoms with Gasteiger partial charge in [0, 0.05) is 16.6 Å². The van der Waals surface area contributed by atoms with Crippen molar-refractivity contribution in [3.63, 3.8) is 0 Å². The molecule has 1 amide bonds. The van der Waals surface area contributed by atoms with Crippen LogP contribution < -0.4 is 16.2 Å². The van der Waals surface area contributed by atoms with E-state index in [9.17, 15) is 20.0 Å². The minimum atomic E-state index is -1.87. The highest BCUT2D eigenvalue weighted by Crippen LogP contribution is 2.48. The quantitative estimate of drug-likeness (QED) is 0.340. The third kappa shape index (κ3) is 2.21. The van der Waals surface area contributed by atoms with Gasteiger partial charge in [0.2, 0.25) is 11.7 Å². The molecule has 144 valence electrons. The first-order chi connectivity index (χ1) is 14.0. The molecule has 3 heterocycles. The summed E-state index contributed by atoms with van der Waals surface area (Å²) in [4.78, 5) is 26.7. The Morgan fingerprint density at radius 3 is 2.69 bits per heavy atom. The van der Waals surface area contributed by atoms with E-state index in [1.807, 2.05) is 0 Å². The summed E-state index contributed by atoms with van der Waals surface area (Å²) < 4.78 is 0.